The molecule has 2 heteroatoms. The molecule has 0 amide bonds. The maximum Gasteiger partial charge on any atom is 0.0936 e. The highest BCUT2D eigenvalue weighted by molar-refractivity contribution is 4.93. The molecule has 0 aromatic rings. The summed E-state index contributed by atoms with van der Waals surface area (Å²) in [6.07, 6.45) is 9.48. The second-order valence-corrected chi connectivity index (χ2v) is 5.50. The van der Waals surface area contributed by atoms with Gasteiger partial charge in [-0.25, -0.2) is 0 Å². The molecule has 0 radical (unpaired) electrons. The zero-order valence-electron chi connectivity index (χ0n) is 9.00. The van der Waals surface area contributed by atoms with Crippen LogP contribution < -0.4 is 0 Å². The van der Waals surface area contributed by atoms with Gasteiger partial charge in [0.05, 0.1) is 12.7 Å². The Morgan fingerprint density at radius 2 is 1.93 bits per heavy atom. The van der Waals surface area contributed by atoms with E-state index in [2.05, 4.69) is 4.90 Å². The molecule has 2 nitrogen and oxygen atoms in total. The molecular weight excluding hydrogens is 174 g/mol. The molecule has 2 saturated heterocycles. The summed E-state index contributed by atoms with van der Waals surface area (Å²) in [7, 11) is 0. The van der Waals surface area contributed by atoms with Crippen LogP contribution in [0.25, 0.3) is 0 Å². The van der Waals surface area contributed by atoms with Crippen LogP contribution in [0.4, 0.5) is 0 Å². The minimum atomic E-state index is 0.591. The number of epoxide rings is 1. The van der Waals surface area contributed by atoms with Crippen molar-refractivity contribution in [2.75, 3.05) is 26.2 Å². The molecule has 0 bridgehead atoms. The number of ether oxygens (including phenoxy) is 1. The van der Waals surface area contributed by atoms with E-state index in [4.69, 9.17) is 4.74 Å². The van der Waals surface area contributed by atoms with Crippen LogP contribution in [0.15, 0.2) is 0 Å². The van der Waals surface area contributed by atoms with Gasteiger partial charge in [0.15, 0.2) is 0 Å². The van der Waals surface area contributed by atoms with E-state index in [9.17, 15) is 0 Å². The van der Waals surface area contributed by atoms with Gasteiger partial charge in [0, 0.05) is 13.1 Å². The van der Waals surface area contributed by atoms with Crippen molar-refractivity contribution in [3.8, 4) is 0 Å². The summed E-state index contributed by atoms with van der Waals surface area (Å²) >= 11 is 0. The Balaban J connectivity index is 1.56. The van der Waals surface area contributed by atoms with Crippen LogP contribution in [0.5, 0.6) is 0 Å². The predicted octanol–water partition coefficient (Wildman–Crippen LogP) is 2.04. The third-order valence-corrected chi connectivity index (χ3v) is 4.30. The van der Waals surface area contributed by atoms with Gasteiger partial charge in [0.1, 0.15) is 0 Å². The van der Waals surface area contributed by atoms with Crippen molar-refractivity contribution in [2.24, 2.45) is 5.41 Å². The van der Waals surface area contributed by atoms with E-state index in [0.717, 1.165) is 12.0 Å². The Bertz CT molecular complexity index is 206. The lowest BCUT2D eigenvalue weighted by molar-refractivity contribution is 0.181. The molecule has 0 aromatic carbocycles. The Morgan fingerprint density at radius 1 is 1.14 bits per heavy atom. The first-order chi connectivity index (χ1) is 6.86. The second-order valence-electron chi connectivity index (χ2n) is 5.50. The van der Waals surface area contributed by atoms with Crippen molar-refractivity contribution >= 4 is 0 Å². The summed E-state index contributed by atoms with van der Waals surface area (Å²) in [6, 6.07) is 0. The van der Waals surface area contributed by atoms with Crippen molar-refractivity contribution in [2.45, 2.75) is 44.6 Å². The highest BCUT2D eigenvalue weighted by Crippen LogP contribution is 2.43. The number of hydrogen-bond acceptors (Lipinski definition) is 2. The minimum Gasteiger partial charge on any atom is -0.372 e. The highest BCUT2D eigenvalue weighted by atomic mass is 16.6. The second kappa shape index (κ2) is 3.49. The third-order valence-electron chi connectivity index (χ3n) is 4.30. The molecule has 0 unspecified atom stereocenters. The first-order valence-corrected chi connectivity index (χ1v) is 6.20. The zero-order chi connectivity index (χ0) is 9.43. The van der Waals surface area contributed by atoms with E-state index in [0.29, 0.717) is 6.10 Å². The number of rotatable bonds is 2. The standard InChI is InChI=1S/C12H21NO/c1-2-4-12(5-3-1)6-7-13(10-12)8-11-9-14-11/h11H,1-10H2/t11-/m0/s1. The van der Waals surface area contributed by atoms with Gasteiger partial charge < -0.3 is 9.64 Å². The molecule has 0 N–H and O–H groups in total. The molecule has 1 spiro atoms. The van der Waals surface area contributed by atoms with Gasteiger partial charge in [-0.2, -0.15) is 0 Å². The van der Waals surface area contributed by atoms with Gasteiger partial charge in [0.2, 0.25) is 0 Å². The van der Waals surface area contributed by atoms with Gasteiger partial charge >= 0.3 is 0 Å². The zero-order valence-corrected chi connectivity index (χ0v) is 9.00. The van der Waals surface area contributed by atoms with Crippen molar-refractivity contribution in [1.29, 1.82) is 0 Å². The van der Waals surface area contributed by atoms with Gasteiger partial charge in [0.25, 0.3) is 0 Å². The summed E-state index contributed by atoms with van der Waals surface area (Å²) in [5.41, 5.74) is 0.729. The average molecular weight is 195 g/mol. The summed E-state index contributed by atoms with van der Waals surface area (Å²) in [6.45, 7) is 4.93. The van der Waals surface area contributed by atoms with E-state index in [1.54, 1.807) is 0 Å². The van der Waals surface area contributed by atoms with Gasteiger partial charge in [-0.15, -0.1) is 0 Å². The van der Waals surface area contributed by atoms with Gasteiger partial charge in [-0.1, -0.05) is 19.3 Å². The molecule has 3 rings (SSSR count). The van der Waals surface area contributed by atoms with Crippen molar-refractivity contribution in [1.82, 2.24) is 4.90 Å². The first kappa shape index (κ1) is 9.17. The van der Waals surface area contributed by atoms with Crippen LogP contribution in [0, 0.1) is 5.41 Å². The molecular formula is C12H21NO. The van der Waals surface area contributed by atoms with Crippen LogP contribution in [-0.2, 0) is 4.74 Å². The lowest BCUT2D eigenvalue weighted by Gasteiger charge is -2.33. The molecule has 2 aliphatic heterocycles. The van der Waals surface area contributed by atoms with E-state index < -0.39 is 0 Å². The fraction of sp³-hybridized carbons (Fsp3) is 1.00. The molecule has 2 heterocycles. The van der Waals surface area contributed by atoms with Crippen LogP contribution >= 0.6 is 0 Å². The van der Waals surface area contributed by atoms with Gasteiger partial charge in [-0.05, 0) is 31.2 Å². The summed E-state index contributed by atoms with van der Waals surface area (Å²) in [5.74, 6) is 0. The first-order valence-electron chi connectivity index (χ1n) is 6.20. The van der Waals surface area contributed by atoms with Crippen molar-refractivity contribution in [3.05, 3.63) is 0 Å². The predicted molar refractivity (Wildman–Crippen MR) is 56.3 cm³/mol. The number of likely N-dealkylation sites (tertiary alicyclic amines) is 1. The van der Waals surface area contributed by atoms with E-state index >= 15 is 0 Å². The number of nitrogens with zero attached hydrogens (tertiary/aromatic N) is 1. The topological polar surface area (TPSA) is 15.8 Å². The summed E-state index contributed by atoms with van der Waals surface area (Å²) in [4.78, 5) is 2.64. The molecule has 3 fully saturated rings. The Kier molecular flexibility index (Phi) is 2.29. The van der Waals surface area contributed by atoms with Gasteiger partial charge in [-0.3, -0.25) is 0 Å². The van der Waals surface area contributed by atoms with Crippen molar-refractivity contribution in [3.63, 3.8) is 0 Å². The van der Waals surface area contributed by atoms with E-state index in [1.165, 1.54) is 58.2 Å². The quantitative estimate of drug-likeness (QED) is 0.627. The molecule has 3 aliphatic rings. The monoisotopic (exact) mass is 195 g/mol. The molecule has 0 aromatic heterocycles. The molecule has 14 heavy (non-hydrogen) atoms. The Morgan fingerprint density at radius 3 is 2.64 bits per heavy atom. The Hall–Kier alpha value is -0.0800. The average Bonchev–Trinajstić information content (AvgIpc) is 2.93. The molecule has 1 aliphatic carbocycles. The maximum atomic E-state index is 5.30. The fourth-order valence-corrected chi connectivity index (χ4v) is 3.35. The molecule has 80 valence electrons. The largest absolute Gasteiger partial charge is 0.372 e. The van der Waals surface area contributed by atoms with E-state index in [-0.39, 0.29) is 0 Å². The lowest BCUT2D eigenvalue weighted by Crippen LogP contribution is -2.31. The van der Waals surface area contributed by atoms with Crippen LogP contribution in [0.1, 0.15) is 38.5 Å². The smallest absolute Gasteiger partial charge is 0.0936 e. The summed E-state index contributed by atoms with van der Waals surface area (Å²) in [5, 5.41) is 0. The SMILES string of the molecule is C1CCC2(CC1)CCN(C[C@H]1CO1)C2. The minimum absolute atomic E-state index is 0.591. The third kappa shape index (κ3) is 1.82. The van der Waals surface area contributed by atoms with E-state index in [1.807, 2.05) is 0 Å². The van der Waals surface area contributed by atoms with Crippen LogP contribution in [0.3, 0.4) is 0 Å². The lowest BCUT2D eigenvalue weighted by atomic mass is 9.73. The molecule has 1 saturated carbocycles. The fourth-order valence-electron chi connectivity index (χ4n) is 3.35. The Labute approximate surface area is 86.6 Å². The number of hydrogen-bond donors (Lipinski definition) is 0. The summed E-state index contributed by atoms with van der Waals surface area (Å²) < 4.78 is 5.30. The maximum absolute atomic E-state index is 5.30. The van der Waals surface area contributed by atoms with Crippen LogP contribution in [-0.4, -0.2) is 37.2 Å². The normalized spacial score (nSPS) is 36.4. The van der Waals surface area contributed by atoms with Crippen LogP contribution in [0.2, 0.25) is 0 Å². The highest BCUT2D eigenvalue weighted by Gasteiger charge is 2.40. The van der Waals surface area contributed by atoms with Crippen molar-refractivity contribution < 1.29 is 4.74 Å². The molecule has 1 atom stereocenters.